The van der Waals surface area contributed by atoms with Crippen molar-refractivity contribution in [1.82, 2.24) is 20.1 Å². The summed E-state index contributed by atoms with van der Waals surface area (Å²) < 4.78 is 10.5. The van der Waals surface area contributed by atoms with Crippen LogP contribution in [-0.2, 0) is 22.5 Å². The Balaban J connectivity index is 1.03. The number of carboxylic acid groups (broad SMARTS) is 1. The van der Waals surface area contributed by atoms with Gasteiger partial charge in [0.1, 0.15) is 31.7 Å². The fourth-order valence-electron chi connectivity index (χ4n) is 7.32. The van der Waals surface area contributed by atoms with E-state index in [1.54, 1.807) is 24.3 Å². The molecule has 3 aliphatic rings. The van der Waals surface area contributed by atoms with E-state index in [4.69, 9.17) is 10.5 Å². The van der Waals surface area contributed by atoms with Crippen LogP contribution in [0.25, 0.3) is 16.5 Å². The van der Waals surface area contributed by atoms with Gasteiger partial charge in [0.2, 0.25) is 11.6 Å². The third-order valence-electron chi connectivity index (χ3n) is 10.2. The van der Waals surface area contributed by atoms with E-state index in [2.05, 4.69) is 10.6 Å². The van der Waals surface area contributed by atoms with Crippen LogP contribution in [0.4, 0.5) is 0 Å². The summed E-state index contributed by atoms with van der Waals surface area (Å²) >= 11 is 0. The Hall–Kier alpha value is -5.88. The second kappa shape index (κ2) is 17.1. The van der Waals surface area contributed by atoms with E-state index in [1.807, 2.05) is 91.0 Å². The monoisotopic (exact) mass is 746 g/mol. The molecular formula is C43H50N6O6. The maximum absolute atomic E-state index is 13.2. The molecule has 12 heteroatoms. The van der Waals surface area contributed by atoms with E-state index in [-0.39, 0.29) is 40.7 Å². The van der Waals surface area contributed by atoms with Crippen LogP contribution in [0.1, 0.15) is 57.5 Å². The van der Waals surface area contributed by atoms with Gasteiger partial charge in [-0.25, -0.2) is 4.58 Å². The van der Waals surface area contributed by atoms with Gasteiger partial charge in [-0.2, -0.15) is 0 Å². The molecule has 1 aromatic heterocycles. The number of aromatic nitrogens is 1. The number of aryl methyl sites for hydroxylation is 1. The summed E-state index contributed by atoms with van der Waals surface area (Å²) in [4.78, 5) is 40.4. The molecule has 6 rings (SSSR count). The van der Waals surface area contributed by atoms with E-state index in [9.17, 15) is 24.6 Å². The molecule has 0 spiro atoms. The highest BCUT2D eigenvalue weighted by molar-refractivity contribution is 6.05. The van der Waals surface area contributed by atoms with Crippen LogP contribution in [0, 0.1) is 5.92 Å². The molecule has 288 valence electrons. The molecule has 2 unspecified atom stereocenters. The summed E-state index contributed by atoms with van der Waals surface area (Å²) in [6.45, 7) is 1.93. The number of hydrogen-bond donors (Lipinski definition) is 4. The van der Waals surface area contributed by atoms with Crippen LogP contribution in [0.15, 0.2) is 96.1 Å². The first kappa shape index (κ1) is 38.8. The number of nitrogens with two attached hydrogens (primary N) is 1. The molecule has 2 amide bonds. The lowest BCUT2D eigenvalue weighted by Gasteiger charge is -2.38. The number of aromatic carboxylic acids is 1. The number of carbonyl (C=O) groups is 3. The minimum Gasteiger partial charge on any atom is -0.545 e. The Kier molecular flexibility index (Phi) is 12.1. The van der Waals surface area contributed by atoms with Gasteiger partial charge in [-0.05, 0) is 97.5 Å². The molecule has 2 aromatic carbocycles. The quantitative estimate of drug-likeness (QED) is 0.136. The van der Waals surface area contributed by atoms with Gasteiger partial charge in [-0.1, -0.05) is 12.1 Å². The number of hydrogen-bond acceptors (Lipinski definition) is 8. The second-order valence-electron chi connectivity index (χ2n) is 14.5. The first-order valence-corrected chi connectivity index (χ1v) is 18.8. The van der Waals surface area contributed by atoms with Crippen LogP contribution in [-0.4, -0.2) is 96.6 Å². The number of nitrogens with zero attached hydrogens (tertiary/aromatic N) is 3. The average Bonchev–Trinajstić information content (AvgIpc) is 3.50. The Morgan fingerprint density at radius 2 is 1.80 bits per heavy atom. The van der Waals surface area contributed by atoms with Crippen molar-refractivity contribution in [3.05, 3.63) is 118 Å². The Morgan fingerprint density at radius 1 is 1.02 bits per heavy atom. The van der Waals surface area contributed by atoms with Gasteiger partial charge < -0.3 is 45.6 Å². The lowest BCUT2D eigenvalue weighted by atomic mass is 9.77. The van der Waals surface area contributed by atoms with Gasteiger partial charge in [0.15, 0.2) is 0 Å². The van der Waals surface area contributed by atoms with Gasteiger partial charge >= 0.3 is 0 Å². The fourth-order valence-corrected chi connectivity index (χ4v) is 7.32. The first-order chi connectivity index (χ1) is 26.4. The second-order valence-corrected chi connectivity index (χ2v) is 14.5. The van der Waals surface area contributed by atoms with Crippen molar-refractivity contribution in [2.45, 2.75) is 44.8 Å². The standard InChI is InChI=1S/C43H50N6O6/c1-47(2)29-9-13-33-38(23-29)55-39-24-30(48(3)4)10-14-34(39)41(33)32-12-8-27(22-36(32)43(53)54)42(52)46-20-7-5-6-19-45-40(51)17-21-49-26-28(16-18-44)35-25-31(50)11-15-37(35)49/h8-15,22-26,33,38H,5-7,16-21,44H2,1-4H3,(H3-,45,46,50,51,52,53,54). The van der Waals surface area contributed by atoms with E-state index in [0.717, 1.165) is 51.9 Å². The molecule has 0 saturated heterocycles. The van der Waals surface area contributed by atoms with E-state index in [0.29, 0.717) is 56.8 Å². The lowest BCUT2D eigenvalue weighted by Crippen LogP contribution is -2.34. The minimum absolute atomic E-state index is 0.0491. The summed E-state index contributed by atoms with van der Waals surface area (Å²) in [5, 5.41) is 29.4. The number of phenols is 1. The number of carboxylic acids is 1. The maximum Gasteiger partial charge on any atom is 0.251 e. The lowest BCUT2D eigenvalue weighted by molar-refractivity contribution is -0.462. The predicted molar refractivity (Wildman–Crippen MR) is 211 cm³/mol. The Bertz CT molecular complexity index is 2180. The summed E-state index contributed by atoms with van der Waals surface area (Å²) in [6, 6.07) is 9.98. The van der Waals surface area contributed by atoms with Gasteiger partial charge in [0, 0.05) is 91.6 Å². The highest BCUT2D eigenvalue weighted by Gasteiger charge is 2.37. The highest BCUT2D eigenvalue weighted by atomic mass is 16.5. The summed E-state index contributed by atoms with van der Waals surface area (Å²) in [5.41, 5.74) is 12.0. The number of amides is 2. The predicted octanol–water partition coefficient (Wildman–Crippen LogP) is 3.27. The Labute approximate surface area is 321 Å². The molecular weight excluding hydrogens is 697 g/mol. The SMILES string of the molecule is CN(C)C1=CC2OC3=CC(=[N+](C)C)C=CC3=C(c3ccc(C(=O)NCCCCCNC(=O)CCn4cc(CCN)c5cc(O)ccc54)cc3C(=O)[O-])C2C=C1. The van der Waals surface area contributed by atoms with Gasteiger partial charge in [0.25, 0.3) is 5.91 Å². The molecule has 0 saturated carbocycles. The van der Waals surface area contributed by atoms with E-state index >= 15 is 0 Å². The van der Waals surface area contributed by atoms with Crippen LogP contribution in [0.2, 0.25) is 0 Å². The zero-order valence-corrected chi connectivity index (χ0v) is 31.9. The highest BCUT2D eigenvalue weighted by Crippen LogP contribution is 2.45. The number of likely N-dealkylation sites (N-methyl/N-ethyl adjacent to an activating group) is 1. The number of ether oxygens (including phenoxy) is 1. The number of nitrogens with one attached hydrogen (secondary N) is 2. The molecule has 2 aliphatic carbocycles. The topological polar surface area (TPSA) is 165 Å². The molecule has 2 atom stereocenters. The Morgan fingerprint density at radius 3 is 2.53 bits per heavy atom. The molecule has 0 fully saturated rings. The van der Waals surface area contributed by atoms with Crippen molar-refractivity contribution in [1.29, 1.82) is 0 Å². The number of aromatic hydroxyl groups is 1. The molecule has 55 heavy (non-hydrogen) atoms. The number of rotatable bonds is 15. The third kappa shape index (κ3) is 8.76. The number of allylic oxidation sites excluding steroid dienone is 4. The van der Waals surface area contributed by atoms with Gasteiger partial charge in [0.05, 0.1) is 12.0 Å². The normalized spacial score (nSPS) is 17.2. The van der Waals surface area contributed by atoms with Crippen molar-refractivity contribution in [2.24, 2.45) is 11.7 Å². The maximum atomic E-state index is 13.2. The largest absolute Gasteiger partial charge is 0.545 e. The van der Waals surface area contributed by atoms with Crippen molar-refractivity contribution >= 4 is 40.0 Å². The summed E-state index contributed by atoms with van der Waals surface area (Å²) in [7, 11) is 7.83. The van der Waals surface area contributed by atoms with E-state index in [1.165, 1.54) is 6.07 Å². The van der Waals surface area contributed by atoms with Crippen molar-refractivity contribution < 1.29 is 33.9 Å². The number of fused-ring (bicyclic) bond motifs is 3. The number of carbonyl (C=O) groups excluding carboxylic acids is 3. The zero-order valence-electron chi connectivity index (χ0n) is 31.9. The summed E-state index contributed by atoms with van der Waals surface area (Å²) in [5.74, 6) is -1.18. The van der Waals surface area contributed by atoms with Crippen molar-refractivity contribution in [3.8, 4) is 5.75 Å². The third-order valence-corrected chi connectivity index (χ3v) is 10.2. The number of unbranched alkanes of at least 4 members (excludes halogenated alkanes) is 2. The van der Waals surface area contributed by atoms with E-state index < -0.39 is 5.97 Å². The smallest absolute Gasteiger partial charge is 0.251 e. The number of benzene rings is 2. The molecule has 3 aromatic rings. The number of phenolic OH excluding ortho intramolecular Hbond substituents is 1. The minimum atomic E-state index is -1.36. The average molecular weight is 747 g/mol. The molecule has 12 nitrogen and oxygen atoms in total. The van der Waals surface area contributed by atoms with Gasteiger partial charge in [-0.15, -0.1) is 0 Å². The molecule has 0 bridgehead atoms. The van der Waals surface area contributed by atoms with Crippen molar-refractivity contribution in [3.63, 3.8) is 0 Å². The zero-order chi connectivity index (χ0) is 39.2. The molecule has 5 N–H and O–H groups in total. The fraction of sp³-hybridized carbons (Fsp3) is 0.349. The first-order valence-electron chi connectivity index (χ1n) is 18.8. The molecule has 1 aliphatic heterocycles. The van der Waals surface area contributed by atoms with Crippen LogP contribution < -0.4 is 21.5 Å². The van der Waals surface area contributed by atoms with Gasteiger partial charge in [-0.3, -0.25) is 9.59 Å². The molecule has 2 heterocycles. The van der Waals surface area contributed by atoms with Crippen LogP contribution in [0.3, 0.4) is 0 Å². The molecule has 0 radical (unpaired) electrons. The summed E-state index contributed by atoms with van der Waals surface area (Å²) in [6.07, 6.45) is 16.9. The van der Waals surface area contributed by atoms with Crippen LogP contribution >= 0.6 is 0 Å². The van der Waals surface area contributed by atoms with Crippen molar-refractivity contribution in [2.75, 3.05) is 47.8 Å². The van der Waals surface area contributed by atoms with Crippen LogP contribution in [0.5, 0.6) is 5.75 Å².